The molecule has 15 N–H and O–H groups in total. The van der Waals surface area contributed by atoms with Crippen molar-refractivity contribution in [2.24, 2.45) is 17.2 Å². The highest BCUT2D eigenvalue weighted by Crippen LogP contribution is 2.34. The summed E-state index contributed by atoms with van der Waals surface area (Å²) in [5.41, 5.74) is 18.6. The average Bonchev–Trinajstić information content (AvgIpc) is 3.25. The van der Waals surface area contributed by atoms with Gasteiger partial charge >= 0.3 is 0 Å². The zero-order valence-corrected chi connectivity index (χ0v) is 38.1. The van der Waals surface area contributed by atoms with Gasteiger partial charge in [0, 0.05) is 38.7 Å². The molecule has 1 fully saturated rings. The summed E-state index contributed by atoms with van der Waals surface area (Å²) in [4.78, 5) is 79.2. The van der Waals surface area contributed by atoms with E-state index >= 15 is 0 Å². The van der Waals surface area contributed by atoms with Crippen LogP contribution in [-0.2, 0) is 44.7 Å². The van der Waals surface area contributed by atoms with Gasteiger partial charge in [0.25, 0.3) is 0 Å². The lowest BCUT2D eigenvalue weighted by Gasteiger charge is -2.44. The lowest BCUT2D eigenvalue weighted by molar-refractivity contribution is -0.268. The number of hydrogen-bond donors (Lipinski definition) is 12. The minimum atomic E-state index is -1.70. The molecule has 10 atom stereocenters. The van der Waals surface area contributed by atoms with Crippen molar-refractivity contribution in [1.29, 1.82) is 0 Å². The molecule has 2 aromatic rings. The first-order valence-electron chi connectivity index (χ1n) is 21.2. The van der Waals surface area contributed by atoms with E-state index < -0.39 is 109 Å². The minimum Gasteiger partial charge on any atom is -0.394 e. The second-order valence-electron chi connectivity index (χ2n) is 15.8. The molecule has 23 heteroatoms. The first-order chi connectivity index (χ1) is 30.8. The van der Waals surface area contributed by atoms with E-state index in [9.17, 15) is 49.2 Å². The first kappa shape index (κ1) is 54.7. The summed E-state index contributed by atoms with van der Waals surface area (Å²) in [6, 6.07) is 7.18. The SMILES string of the molecule is CC(=O)N[C@@H]1[C@@H](OC(C)CN(C(=O)CC[C@@H](NC(=O)[C@H](C)N)C(N)=O)[C@@H](CCCCN)C(=O)NCC(O)CNC(=O)Cc2ccccc2Nc2c(Cl)cccc2Cl)[C@H](O)[C@@H](CO)O[C@@H]1O. The number of amides is 6. The van der Waals surface area contributed by atoms with Crippen molar-refractivity contribution < 1.29 is 58.7 Å². The van der Waals surface area contributed by atoms with Gasteiger partial charge in [-0.3, -0.25) is 28.8 Å². The molecule has 0 aliphatic carbocycles. The Balaban J connectivity index is 1.81. The number of aliphatic hydroxyl groups excluding tert-OH is 4. The Hall–Kier alpha value is -4.68. The molecule has 0 aromatic heterocycles. The van der Waals surface area contributed by atoms with Crippen LogP contribution in [0.4, 0.5) is 11.4 Å². The summed E-state index contributed by atoms with van der Waals surface area (Å²) in [7, 11) is 0. The van der Waals surface area contributed by atoms with Crippen LogP contribution >= 0.6 is 23.2 Å². The van der Waals surface area contributed by atoms with Gasteiger partial charge in [0.2, 0.25) is 35.4 Å². The van der Waals surface area contributed by atoms with Gasteiger partial charge in [-0.15, -0.1) is 0 Å². The van der Waals surface area contributed by atoms with Crippen LogP contribution in [0.2, 0.25) is 10.0 Å². The standard InChI is InChI=1S/C42H63Cl2N9O12/c1-22(64-38-36(50-24(3)55)42(63)65-32(21-54)37(38)59)20-53(34(58)15-14-30(39(47)60)52-40(61)23(2)46)31(13-6-7-16-45)41(62)49-19-26(56)18-48-33(57)17-25-9-4-5-12-29(25)51-35-27(43)10-8-11-28(35)44/h4-5,8-12,22-23,26,30-32,36-38,42,51,54,56,59,63H,6-7,13-21,45-46H2,1-3H3,(H2,47,60)(H,48,57)(H,49,62)(H,50,55)(H,52,61)/t22?,23-,26?,30+,31-,32+,36+,37+,38+,42-/m0/s1. The van der Waals surface area contributed by atoms with Crippen LogP contribution in [0.1, 0.15) is 58.4 Å². The second-order valence-corrected chi connectivity index (χ2v) is 16.6. The molecule has 1 aliphatic rings. The van der Waals surface area contributed by atoms with Crippen molar-refractivity contribution in [2.75, 3.05) is 38.1 Å². The monoisotopic (exact) mass is 955 g/mol. The zero-order chi connectivity index (χ0) is 48.4. The third kappa shape index (κ3) is 17.2. The number of hydrogen-bond acceptors (Lipinski definition) is 15. The van der Waals surface area contributed by atoms with E-state index in [1.165, 1.54) is 25.7 Å². The highest BCUT2D eigenvalue weighted by atomic mass is 35.5. The highest BCUT2D eigenvalue weighted by Gasteiger charge is 2.47. The van der Waals surface area contributed by atoms with E-state index in [4.69, 9.17) is 49.9 Å². The predicted molar refractivity (Wildman–Crippen MR) is 240 cm³/mol. The first-order valence-corrected chi connectivity index (χ1v) is 21.9. The van der Waals surface area contributed by atoms with Crippen LogP contribution in [0.5, 0.6) is 0 Å². The maximum absolute atomic E-state index is 14.2. The Bertz CT molecular complexity index is 1900. The number of unbranched alkanes of at least 4 members (excludes halogenated alkanes) is 1. The molecule has 0 spiro atoms. The molecule has 2 unspecified atom stereocenters. The highest BCUT2D eigenvalue weighted by molar-refractivity contribution is 6.39. The Morgan fingerprint density at radius 1 is 0.938 bits per heavy atom. The van der Waals surface area contributed by atoms with Crippen molar-refractivity contribution >= 4 is 70.0 Å². The number of carbonyl (C=O) groups is 6. The average molecular weight is 957 g/mol. The number of carbonyl (C=O) groups excluding carboxylic acids is 6. The molecule has 1 aliphatic heterocycles. The number of para-hydroxylation sites is 2. The fourth-order valence-electron chi connectivity index (χ4n) is 6.96. The van der Waals surface area contributed by atoms with E-state index in [2.05, 4.69) is 26.6 Å². The maximum atomic E-state index is 14.2. The molecule has 6 amide bonds. The Labute approximate surface area is 387 Å². The number of halogens is 2. The quantitative estimate of drug-likeness (QED) is 0.0485. The summed E-state index contributed by atoms with van der Waals surface area (Å²) in [5, 5.41) is 56.5. The predicted octanol–water partition coefficient (Wildman–Crippen LogP) is -1.35. The molecule has 0 radical (unpaired) electrons. The third-order valence-electron chi connectivity index (χ3n) is 10.4. The number of ether oxygens (including phenoxy) is 2. The van der Waals surface area contributed by atoms with Gasteiger partial charge in [-0.05, 0) is 69.8 Å². The van der Waals surface area contributed by atoms with Gasteiger partial charge in [0.05, 0.1) is 47.0 Å². The van der Waals surface area contributed by atoms with Crippen molar-refractivity contribution in [1.82, 2.24) is 26.2 Å². The summed E-state index contributed by atoms with van der Waals surface area (Å²) in [6.45, 7) is 2.65. The smallest absolute Gasteiger partial charge is 0.242 e. The number of primary amides is 1. The summed E-state index contributed by atoms with van der Waals surface area (Å²) in [5.74, 6) is -4.07. The van der Waals surface area contributed by atoms with Crippen molar-refractivity contribution in [3.63, 3.8) is 0 Å². The van der Waals surface area contributed by atoms with E-state index in [-0.39, 0.29) is 45.4 Å². The number of nitrogens with two attached hydrogens (primary N) is 3. The van der Waals surface area contributed by atoms with Crippen LogP contribution in [0, 0.1) is 0 Å². The van der Waals surface area contributed by atoms with E-state index in [0.717, 1.165) is 0 Å². The Morgan fingerprint density at radius 3 is 2.22 bits per heavy atom. The van der Waals surface area contributed by atoms with Crippen molar-refractivity contribution in [3.8, 4) is 0 Å². The molecular weight excluding hydrogens is 893 g/mol. The van der Waals surface area contributed by atoms with Crippen LogP contribution in [-0.4, -0.2) is 155 Å². The molecule has 0 saturated carbocycles. The van der Waals surface area contributed by atoms with Crippen LogP contribution in [0.3, 0.4) is 0 Å². The van der Waals surface area contributed by atoms with E-state index in [1.807, 2.05) is 0 Å². The summed E-state index contributed by atoms with van der Waals surface area (Å²) < 4.78 is 11.4. The van der Waals surface area contributed by atoms with E-state index in [1.54, 1.807) is 42.5 Å². The molecule has 1 heterocycles. The molecule has 1 saturated heterocycles. The number of rotatable bonds is 26. The number of nitrogens with zero attached hydrogens (tertiary/aromatic N) is 1. The molecule has 21 nitrogen and oxygen atoms in total. The minimum absolute atomic E-state index is 0.0571. The van der Waals surface area contributed by atoms with Gasteiger partial charge in [0.1, 0.15) is 36.4 Å². The van der Waals surface area contributed by atoms with Gasteiger partial charge in [0.15, 0.2) is 6.29 Å². The molecule has 3 rings (SSSR count). The second kappa shape index (κ2) is 27.1. The Morgan fingerprint density at radius 2 is 1.60 bits per heavy atom. The number of anilines is 2. The van der Waals surface area contributed by atoms with Crippen LogP contribution in [0.15, 0.2) is 42.5 Å². The van der Waals surface area contributed by atoms with Crippen molar-refractivity contribution in [3.05, 3.63) is 58.1 Å². The lowest BCUT2D eigenvalue weighted by Crippen LogP contribution is -2.65. The molecule has 0 bridgehead atoms. The zero-order valence-electron chi connectivity index (χ0n) is 36.6. The van der Waals surface area contributed by atoms with Crippen molar-refractivity contribution in [2.45, 2.75) is 120 Å². The largest absolute Gasteiger partial charge is 0.394 e. The lowest BCUT2D eigenvalue weighted by atomic mass is 9.96. The topological polar surface area (TPSA) is 343 Å². The van der Waals surface area contributed by atoms with Crippen LogP contribution < -0.4 is 43.8 Å². The fourth-order valence-corrected chi connectivity index (χ4v) is 7.45. The summed E-state index contributed by atoms with van der Waals surface area (Å²) >= 11 is 12.7. The van der Waals surface area contributed by atoms with Crippen LogP contribution in [0.25, 0.3) is 0 Å². The third-order valence-corrected chi connectivity index (χ3v) is 11.0. The number of nitrogens with one attached hydrogen (secondary N) is 5. The molecule has 2 aromatic carbocycles. The number of aliphatic hydroxyl groups is 4. The Kier molecular flexibility index (Phi) is 22.8. The summed E-state index contributed by atoms with van der Waals surface area (Å²) in [6.07, 6.45) is -8.21. The molecule has 362 valence electrons. The molecular formula is C42H63Cl2N9O12. The van der Waals surface area contributed by atoms with Gasteiger partial charge in [-0.25, -0.2) is 0 Å². The number of benzene rings is 2. The van der Waals surface area contributed by atoms with Gasteiger partial charge in [-0.2, -0.15) is 0 Å². The maximum Gasteiger partial charge on any atom is 0.242 e. The van der Waals surface area contributed by atoms with E-state index in [0.29, 0.717) is 39.8 Å². The normalized spacial score (nSPS) is 20.6. The van der Waals surface area contributed by atoms with Gasteiger partial charge < -0.3 is 78.6 Å². The van der Waals surface area contributed by atoms with Gasteiger partial charge in [-0.1, -0.05) is 47.5 Å². The fraction of sp³-hybridized carbons (Fsp3) is 0.571. The molecule has 65 heavy (non-hydrogen) atoms.